The summed E-state index contributed by atoms with van der Waals surface area (Å²) >= 11 is 0. The van der Waals surface area contributed by atoms with E-state index in [1.54, 1.807) is 0 Å². The number of rotatable bonds is 5. The third kappa shape index (κ3) is 5.46. The first-order chi connectivity index (χ1) is 10.6. The molecule has 2 saturated heterocycles. The fourth-order valence-electron chi connectivity index (χ4n) is 3.45. The summed E-state index contributed by atoms with van der Waals surface area (Å²) in [6.45, 7) is 11.4. The number of halogens is 1. The monoisotopic (exact) mass is 439 g/mol. The minimum Gasteiger partial charge on any atom is -0.388 e. The summed E-state index contributed by atoms with van der Waals surface area (Å²) < 4.78 is 5.52. The maximum Gasteiger partial charge on any atom is 0.194 e. The van der Waals surface area contributed by atoms with Crippen LogP contribution in [0.5, 0.6) is 0 Å². The van der Waals surface area contributed by atoms with Crippen molar-refractivity contribution in [1.29, 1.82) is 0 Å². The Bertz CT molecular complexity index is 380. The number of guanidine groups is 1. The summed E-state index contributed by atoms with van der Waals surface area (Å²) in [6.07, 6.45) is 5.04. The molecule has 5 nitrogen and oxygen atoms in total. The van der Waals surface area contributed by atoms with Crippen molar-refractivity contribution >= 4 is 29.9 Å². The lowest BCUT2D eigenvalue weighted by Gasteiger charge is -2.33. The minimum absolute atomic E-state index is 0. The summed E-state index contributed by atoms with van der Waals surface area (Å²) in [5, 5.41) is 13.9. The van der Waals surface area contributed by atoms with Crippen LogP contribution >= 0.6 is 24.0 Å². The molecule has 0 atom stereocenters. The Morgan fingerprint density at radius 3 is 2.43 bits per heavy atom. The van der Waals surface area contributed by atoms with Crippen molar-refractivity contribution in [2.45, 2.75) is 58.5 Å². The molecule has 0 aliphatic carbocycles. The summed E-state index contributed by atoms with van der Waals surface area (Å²) in [7, 11) is 0. The summed E-state index contributed by atoms with van der Waals surface area (Å²) in [5.41, 5.74) is -0.253. The van der Waals surface area contributed by atoms with E-state index in [1.165, 1.54) is 6.42 Å². The molecule has 0 bridgehead atoms. The zero-order valence-electron chi connectivity index (χ0n) is 14.9. The number of nitrogens with one attached hydrogen (secondary N) is 1. The smallest absolute Gasteiger partial charge is 0.194 e. The van der Waals surface area contributed by atoms with Gasteiger partial charge in [-0.25, -0.2) is 0 Å². The number of hydrogen-bond acceptors (Lipinski definition) is 3. The molecular formula is C17H34IN3O2. The first-order valence-electron chi connectivity index (χ1n) is 8.90. The predicted octanol–water partition coefficient (Wildman–Crippen LogP) is 2.62. The molecule has 2 rings (SSSR count). The van der Waals surface area contributed by atoms with E-state index in [1.807, 2.05) is 13.8 Å². The number of hydrogen-bond donors (Lipinski definition) is 2. The van der Waals surface area contributed by atoms with Gasteiger partial charge in [0.1, 0.15) is 0 Å². The fourth-order valence-corrected chi connectivity index (χ4v) is 3.45. The second-order valence-corrected chi connectivity index (χ2v) is 6.89. The molecule has 136 valence electrons. The van der Waals surface area contributed by atoms with Gasteiger partial charge in [0.25, 0.3) is 0 Å². The van der Waals surface area contributed by atoms with Crippen LogP contribution in [-0.2, 0) is 4.74 Å². The van der Waals surface area contributed by atoms with E-state index in [0.29, 0.717) is 12.0 Å². The normalized spacial score (nSPS) is 21.4. The SMILES string of the molecule is CCNC(=NCC(O)(CC)CC)N1CCC2(CCOCC2)C1.I. The number of ether oxygens (including phenoxy) is 1. The van der Waals surface area contributed by atoms with Gasteiger partial charge in [-0.15, -0.1) is 24.0 Å². The average Bonchev–Trinajstić information content (AvgIpc) is 2.95. The lowest BCUT2D eigenvalue weighted by atomic mass is 9.80. The molecule has 6 heteroatoms. The van der Waals surface area contributed by atoms with Crippen LogP contribution in [0.2, 0.25) is 0 Å². The fraction of sp³-hybridized carbons (Fsp3) is 0.941. The third-order valence-corrected chi connectivity index (χ3v) is 5.47. The Kier molecular flexibility index (Phi) is 8.58. The highest BCUT2D eigenvalue weighted by atomic mass is 127. The summed E-state index contributed by atoms with van der Waals surface area (Å²) in [5.74, 6) is 0.964. The van der Waals surface area contributed by atoms with Crippen LogP contribution in [0, 0.1) is 5.41 Å². The lowest BCUT2D eigenvalue weighted by Crippen LogP contribution is -2.43. The van der Waals surface area contributed by atoms with E-state index < -0.39 is 5.60 Å². The number of likely N-dealkylation sites (tertiary alicyclic amines) is 1. The average molecular weight is 439 g/mol. The van der Waals surface area contributed by atoms with Gasteiger partial charge < -0.3 is 20.1 Å². The molecule has 1 spiro atoms. The van der Waals surface area contributed by atoms with Gasteiger partial charge in [0.05, 0.1) is 12.1 Å². The van der Waals surface area contributed by atoms with Gasteiger partial charge in [0.15, 0.2) is 5.96 Å². The molecule has 0 unspecified atom stereocenters. The van der Waals surface area contributed by atoms with Gasteiger partial charge in [-0.1, -0.05) is 13.8 Å². The van der Waals surface area contributed by atoms with E-state index in [0.717, 1.165) is 64.5 Å². The molecule has 2 aliphatic rings. The predicted molar refractivity (Wildman–Crippen MR) is 106 cm³/mol. The first kappa shape index (κ1) is 21.0. The van der Waals surface area contributed by atoms with Gasteiger partial charge >= 0.3 is 0 Å². The van der Waals surface area contributed by atoms with Crippen molar-refractivity contribution in [3.8, 4) is 0 Å². The molecule has 0 aromatic rings. The van der Waals surface area contributed by atoms with Crippen molar-refractivity contribution < 1.29 is 9.84 Å². The molecule has 0 amide bonds. The molecular weight excluding hydrogens is 405 g/mol. The minimum atomic E-state index is -0.670. The Morgan fingerprint density at radius 2 is 1.87 bits per heavy atom. The summed E-state index contributed by atoms with van der Waals surface area (Å²) in [4.78, 5) is 7.11. The molecule has 0 saturated carbocycles. The van der Waals surface area contributed by atoms with E-state index in [2.05, 4.69) is 17.1 Å². The highest BCUT2D eigenvalue weighted by Gasteiger charge is 2.40. The highest BCUT2D eigenvalue weighted by Crippen LogP contribution is 2.39. The Morgan fingerprint density at radius 1 is 1.22 bits per heavy atom. The molecule has 2 fully saturated rings. The van der Waals surface area contributed by atoms with E-state index in [-0.39, 0.29) is 24.0 Å². The van der Waals surface area contributed by atoms with E-state index in [4.69, 9.17) is 9.73 Å². The zero-order chi connectivity index (χ0) is 16.1. The standard InChI is InChI=1S/C17H33N3O2.HI/c1-4-17(21,5-2)13-19-15(18-6-3)20-10-7-16(14-20)8-11-22-12-9-16;/h21H,4-14H2,1-3H3,(H,18,19);1H. The van der Waals surface area contributed by atoms with Gasteiger partial charge in [0.2, 0.25) is 0 Å². The molecule has 0 radical (unpaired) electrons. The van der Waals surface area contributed by atoms with Crippen molar-refractivity contribution in [3.63, 3.8) is 0 Å². The second-order valence-electron chi connectivity index (χ2n) is 6.89. The number of aliphatic hydroxyl groups is 1. The Hall–Kier alpha value is -0.0800. The highest BCUT2D eigenvalue weighted by molar-refractivity contribution is 14.0. The molecule has 2 aliphatic heterocycles. The van der Waals surface area contributed by atoms with Crippen LogP contribution in [0.15, 0.2) is 4.99 Å². The van der Waals surface area contributed by atoms with Gasteiger partial charge in [-0.2, -0.15) is 0 Å². The van der Waals surface area contributed by atoms with Crippen LogP contribution < -0.4 is 5.32 Å². The maximum absolute atomic E-state index is 10.5. The van der Waals surface area contributed by atoms with E-state index >= 15 is 0 Å². The molecule has 0 aromatic carbocycles. The van der Waals surface area contributed by atoms with Crippen molar-refractivity contribution in [2.24, 2.45) is 10.4 Å². The van der Waals surface area contributed by atoms with Crippen LogP contribution in [-0.4, -0.2) is 61.0 Å². The molecule has 2 N–H and O–H groups in total. The van der Waals surface area contributed by atoms with Crippen LogP contribution in [0.4, 0.5) is 0 Å². The van der Waals surface area contributed by atoms with Crippen LogP contribution in [0.25, 0.3) is 0 Å². The lowest BCUT2D eigenvalue weighted by molar-refractivity contribution is 0.0217. The molecule has 0 aromatic heterocycles. The Labute approximate surface area is 158 Å². The van der Waals surface area contributed by atoms with Crippen LogP contribution in [0.3, 0.4) is 0 Å². The largest absolute Gasteiger partial charge is 0.388 e. The molecule has 2 heterocycles. The summed E-state index contributed by atoms with van der Waals surface area (Å²) in [6, 6.07) is 0. The zero-order valence-corrected chi connectivity index (χ0v) is 17.3. The maximum atomic E-state index is 10.5. The van der Waals surface area contributed by atoms with Crippen molar-refractivity contribution in [1.82, 2.24) is 10.2 Å². The second kappa shape index (κ2) is 9.42. The number of aliphatic imine (C=N–C) groups is 1. The topological polar surface area (TPSA) is 57.1 Å². The van der Waals surface area contributed by atoms with Crippen molar-refractivity contribution in [2.75, 3.05) is 39.4 Å². The first-order valence-corrected chi connectivity index (χ1v) is 8.90. The molecule has 23 heavy (non-hydrogen) atoms. The van der Waals surface area contributed by atoms with Gasteiger partial charge in [-0.05, 0) is 44.4 Å². The van der Waals surface area contributed by atoms with Crippen LogP contribution in [0.1, 0.15) is 52.9 Å². The van der Waals surface area contributed by atoms with Crippen molar-refractivity contribution in [3.05, 3.63) is 0 Å². The number of nitrogens with zero attached hydrogens (tertiary/aromatic N) is 2. The van der Waals surface area contributed by atoms with Gasteiger partial charge in [-0.3, -0.25) is 4.99 Å². The Balaban J connectivity index is 0.00000264. The quantitative estimate of drug-likeness (QED) is 0.393. The third-order valence-electron chi connectivity index (χ3n) is 5.47. The van der Waals surface area contributed by atoms with Gasteiger partial charge in [0, 0.05) is 32.8 Å². The van der Waals surface area contributed by atoms with E-state index in [9.17, 15) is 5.11 Å².